The first-order valence-corrected chi connectivity index (χ1v) is 11.6. The third-order valence-electron chi connectivity index (χ3n) is 6.26. The molecular formula is C19H28N6O2S. The smallest absolute Gasteiger partial charge is 0.214 e. The quantitative estimate of drug-likeness (QED) is 0.718. The maximum Gasteiger partial charge on any atom is 0.214 e. The highest BCUT2D eigenvalue weighted by molar-refractivity contribution is 7.89. The lowest BCUT2D eigenvalue weighted by atomic mass is 9.93. The van der Waals surface area contributed by atoms with Crippen molar-refractivity contribution in [2.75, 3.05) is 18.8 Å². The molecule has 0 bridgehead atoms. The van der Waals surface area contributed by atoms with Crippen LogP contribution in [0.5, 0.6) is 0 Å². The fourth-order valence-electron chi connectivity index (χ4n) is 4.69. The van der Waals surface area contributed by atoms with E-state index in [1.165, 1.54) is 0 Å². The standard InChI is InChI=1S/C19H28N6O2S/c1-4-15-10-14(12-28(26,27)24-8-5-9-24)11-16(15)19-23-22-13(2)25(19)17-6-7-21-18(17)20-3/h6-7,14-16,21H,3-5,8-12H2,1-2H3/t14-,15+,16+/m0/s1. The number of sulfonamides is 1. The second-order valence-electron chi connectivity index (χ2n) is 7.95. The van der Waals surface area contributed by atoms with Gasteiger partial charge in [-0.25, -0.2) is 17.7 Å². The molecule has 0 spiro atoms. The van der Waals surface area contributed by atoms with Gasteiger partial charge in [-0.2, -0.15) is 0 Å². The SMILES string of the molecule is C=Nc1[nH]ccc1-n1c(C)nnc1[C@@H]1C[C@@H](CS(=O)(=O)N2CCC2)C[C@H]1CC. The molecule has 0 amide bonds. The van der Waals surface area contributed by atoms with Crippen LogP contribution < -0.4 is 0 Å². The number of hydrogen-bond donors (Lipinski definition) is 1. The average Bonchev–Trinajstić information content (AvgIpc) is 3.29. The number of aromatic nitrogens is 4. The summed E-state index contributed by atoms with van der Waals surface area (Å²) in [6.45, 7) is 9.09. The van der Waals surface area contributed by atoms with E-state index in [9.17, 15) is 8.42 Å². The Morgan fingerprint density at radius 2 is 2.11 bits per heavy atom. The minimum atomic E-state index is -3.14. The maximum atomic E-state index is 12.6. The number of nitrogens with one attached hydrogen (secondary N) is 1. The second kappa shape index (κ2) is 7.44. The highest BCUT2D eigenvalue weighted by Gasteiger charge is 2.41. The van der Waals surface area contributed by atoms with Gasteiger partial charge in [0.15, 0.2) is 5.82 Å². The molecule has 0 unspecified atom stereocenters. The van der Waals surface area contributed by atoms with Crippen molar-refractivity contribution in [3.05, 3.63) is 23.9 Å². The van der Waals surface area contributed by atoms with Crippen molar-refractivity contribution in [1.82, 2.24) is 24.1 Å². The van der Waals surface area contributed by atoms with Crippen LogP contribution in [0.25, 0.3) is 5.69 Å². The van der Waals surface area contributed by atoms with Crippen molar-refractivity contribution in [2.45, 2.75) is 45.4 Å². The van der Waals surface area contributed by atoms with E-state index >= 15 is 0 Å². The zero-order valence-corrected chi connectivity index (χ0v) is 17.3. The Bertz CT molecular complexity index is 959. The second-order valence-corrected chi connectivity index (χ2v) is 9.97. The van der Waals surface area contributed by atoms with Crippen LogP contribution in [0.1, 0.15) is 50.2 Å². The van der Waals surface area contributed by atoms with Gasteiger partial charge in [0.05, 0.1) is 11.4 Å². The zero-order chi connectivity index (χ0) is 19.9. The first-order valence-electron chi connectivity index (χ1n) is 9.98. The van der Waals surface area contributed by atoms with Crippen molar-refractivity contribution in [1.29, 1.82) is 0 Å². The minimum Gasteiger partial charge on any atom is -0.345 e. The number of aromatic amines is 1. The lowest BCUT2D eigenvalue weighted by Crippen LogP contribution is -2.44. The first kappa shape index (κ1) is 19.3. The third-order valence-corrected chi connectivity index (χ3v) is 8.30. The van der Waals surface area contributed by atoms with E-state index in [1.807, 2.05) is 23.8 Å². The van der Waals surface area contributed by atoms with Gasteiger partial charge in [0.1, 0.15) is 11.6 Å². The van der Waals surface area contributed by atoms with Crippen molar-refractivity contribution in [3.63, 3.8) is 0 Å². The van der Waals surface area contributed by atoms with Crippen LogP contribution in [-0.2, 0) is 10.0 Å². The number of aliphatic imine (C=N–C) groups is 1. The summed E-state index contributed by atoms with van der Waals surface area (Å²) in [5, 5.41) is 8.82. The molecule has 1 aliphatic heterocycles. The fraction of sp³-hybridized carbons (Fsp3) is 0.632. The maximum absolute atomic E-state index is 12.6. The van der Waals surface area contributed by atoms with Gasteiger partial charge in [-0.1, -0.05) is 13.3 Å². The van der Waals surface area contributed by atoms with Crippen LogP contribution in [0.4, 0.5) is 5.82 Å². The van der Waals surface area contributed by atoms with E-state index in [0.29, 0.717) is 24.8 Å². The summed E-state index contributed by atoms with van der Waals surface area (Å²) in [6.07, 6.45) is 5.54. The highest BCUT2D eigenvalue weighted by Crippen LogP contribution is 2.46. The molecule has 28 heavy (non-hydrogen) atoms. The van der Waals surface area contributed by atoms with E-state index in [-0.39, 0.29) is 17.6 Å². The molecular weight excluding hydrogens is 376 g/mol. The molecule has 152 valence electrons. The van der Waals surface area contributed by atoms with Gasteiger partial charge in [-0.05, 0) is 50.8 Å². The molecule has 1 saturated carbocycles. The van der Waals surface area contributed by atoms with Crippen molar-refractivity contribution >= 4 is 22.6 Å². The van der Waals surface area contributed by atoms with E-state index in [2.05, 4.69) is 33.8 Å². The van der Waals surface area contributed by atoms with Crippen LogP contribution in [0.2, 0.25) is 0 Å². The molecule has 9 heteroatoms. The van der Waals surface area contributed by atoms with Crippen LogP contribution in [0, 0.1) is 18.8 Å². The van der Waals surface area contributed by atoms with Crippen molar-refractivity contribution in [3.8, 4) is 5.69 Å². The third kappa shape index (κ3) is 3.30. The first-order chi connectivity index (χ1) is 13.4. The summed E-state index contributed by atoms with van der Waals surface area (Å²) in [6, 6.07) is 1.95. The summed E-state index contributed by atoms with van der Waals surface area (Å²) in [4.78, 5) is 7.16. The molecule has 3 atom stereocenters. The summed E-state index contributed by atoms with van der Waals surface area (Å²) in [7, 11) is -3.14. The summed E-state index contributed by atoms with van der Waals surface area (Å²) in [5.74, 6) is 3.38. The monoisotopic (exact) mass is 404 g/mol. The molecule has 2 aromatic heterocycles. The molecule has 2 aromatic rings. The highest BCUT2D eigenvalue weighted by atomic mass is 32.2. The molecule has 0 aromatic carbocycles. The number of hydrogen-bond acceptors (Lipinski definition) is 5. The normalized spacial score (nSPS) is 25.7. The predicted octanol–water partition coefficient (Wildman–Crippen LogP) is 2.79. The van der Waals surface area contributed by atoms with Gasteiger partial charge in [0.25, 0.3) is 0 Å². The van der Waals surface area contributed by atoms with E-state index in [1.54, 1.807) is 4.31 Å². The summed E-state index contributed by atoms with van der Waals surface area (Å²) in [5.41, 5.74) is 0.888. The predicted molar refractivity (Wildman–Crippen MR) is 109 cm³/mol. The van der Waals surface area contributed by atoms with E-state index in [4.69, 9.17) is 0 Å². The van der Waals surface area contributed by atoms with E-state index in [0.717, 1.165) is 43.0 Å². The topological polar surface area (TPSA) is 96.2 Å². The molecule has 1 N–H and O–H groups in total. The van der Waals surface area contributed by atoms with Crippen LogP contribution in [0.3, 0.4) is 0 Å². The number of aryl methyl sites for hydroxylation is 1. The van der Waals surface area contributed by atoms with Crippen LogP contribution in [-0.4, -0.2) is 58.0 Å². The van der Waals surface area contributed by atoms with Gasteiger partial charge in [0.2, 0.25) is 10.0 Å². The molecule has 3 heterocycles. The zero-order valence-electron chi connectivity index (χ0n) is 16.5. The lowest BCUT2D eigenvalue weighted by molar-refractivity contribution is 0.306. The van der Waals surface area contributed by atoms with Crippen molar-refractivity contribution < 1.29 is 8.42 Å². The Balaban J connectivity index is 1.61. The fourth-order valence-corrected chi connectivity index (χ4v) is 6.58. The Hall–Kier alpha value is -2.00. The molecule has 0 radical (unpaired) electrons. The Morgan fingerprint density at radius 1 is 1.32 bits per heavy atom. The number of nitrogens with zero attached hydrogens (tertiary/aromatic N) is 5. The van der Waals surface area contributed by atoms with Gasteiger partial charge in [-0.15, -0.1) is 10.2 Å². The largest absolute Gasteiger partial charge is 0.345 e. The molecule has 4 rings (SSSR count). The Labute approximate surface area is 166 Å². The lowest BCUT2D eigenvalue weighted by Gasteiger charge is -2.30. The van der Waals surface area contributed by atoms with Gasteiger partial charge < -0.3 is 4.98 Å². The van der Waals surface area contributed by atoms with E-state index < -0.39 is 10.0 Å². The molecule has 2 fully saturated rings. The summed E-state index contributed by atoms with van der Waals surface area (Å²) < 4.78 is 28.9. The number of H-pyrrole nitrogens is 1. The minimum absolute atomic E-state index is 0.161. The number of rotatable bonds is 7. The summed E-state index contributed by atoms with van der Waals surface area (Å²) >= 11 is 0. The van der Waals surface area contributed by atoms with Crippen LogP contribution >= 0.6 is 0 Å². The average molecular weight is 405 g/mol. The Kier molecular flexibility index (Phi) is 5.13. The van der Waals surface area contributed by atoms with Gasteiger partial charge in [-0.3, -0.25) is 4.57 Å². The van der Waals surface area contributed by atoms with Crippen LogP contribution in [0.15, 0.2) is 17.3 Å². The van der Waals surface area contributed by atoms with Crippen molar-refractivity contribution in [2.24, 2.45) is 16.8 Å². The molecule has 8 nitrogen and oxygen atoms in total. The Morgan fingerprint density at radius 3 is 2.75 bits per heavy atom. The molecule has 1 saturated heterocycles. The van der Waals surface area contributed by atoms with Gasteiger partial charge in [0, 0.05) is 25.2 Å². The molecule has 2 aliphatic rings. The molecule has 1 aliphatic carbocycles. The van der Waals surface area contributed by atoms with Gasteiger partial charge >= 0.3 is 0 Å².